The van der Waals surface area contributed by atoms with Gasteiger partial charge < -0.3 is 18.7 Å². The standard InChI is InChI=1S/C30H35N2O6P/c1-23(29(33)32-20-12-19-27(32)30(34)36-2)31-28(26-17-10-5-11-18-26)39(35,37-21-24-13-6-3-7-14-24)38-22-25-15-8-4-9-16-25/h3-11,13-18,23,27-28,31H,12,19-22H2,1-2H3/t23-,27-,28?/m0/s1. The molecule has 1 unspecified atom stereocenters. The average Bonchev–Trinajstić information content (AvgIpc) is 3.48. The first-order valence-corrected chi connectivity index (χ1v) is 14.7. The summed E-state index contributed by atoms with van der Waals surface area (Å²) in [6.07, 6.45) is 1.26. The lowest BCUT2D eigenvalue weighted by Crippen LogP contribution is -2.50. The molecule has 4 rings (SSSR count). The van der Waals surface area contributed by atoms with Crippen molar-refractivity contribution >= 4 is 19.5 Å². The van der Waals surface area contributed by atoms with Gasteiger partial charge in [0.2, 0.25) is 5.91 Å². The second kappa shape index (κ2) is 13.7. The van der Waals surface area contributed by atoms with E-state index in [1.54, 1.807) is 6.92 Å². The molecule has 0 bridgehead atoms. The highest BCUT2D eigenvalue weighted by Gasteiger charge is 2.42. The summed E-state index contributed by atoms with van der Waals surface area (Å²) in [4.78, 5) is 27.3. The van der Waals surface area contributed by atoms with Crippen LogP contribution < -0.4 is 5.32 Å². The van der Waals surface area contributed by atoms with Gasteiger partial charge in [0, 0.05) is 6.54 Å². The third kappa shape index (κ3) is 7.43. The molecule has 1 saturated heterocycles. The lowest BCUT2D eigenvalue weighted by molar-refractivity contribution is -0.151. The SMILES string of the molecule is COC(=O)[C@@H]1CCCN1C(=O)[C@H](C)NC(c1ccccc1)P(=O)(OCc1ccccc1)OCc1ccccc1. The van der Waals surface area contributed by atoms with E-state index in [0.29, 0.717) is 24.9 Å². The van der Waals surface area contributed by atoms with Crippen LogP contribution >= 0.6 is 7.60 Å². The van der Waals surface area contributed by atoms with Crippen molar-refractivity contribution in [1.29, 1.82) is 0 Å². The minimum absolute atomic E-state index is 0.0663. The first kappa shape index (κ1) is 28.7. The zero-order chi connectivity index (χ0) is 27.7. The number of amides is 1. The van der Waals surface area contributed by atoms with Gasteiger partial charge in [0.15, 0.2) is 0 Å². The van der Waals surface area contributed by atoms with Gasteiger partial charge in [-0.15, -0.1) is 0 Å². The molecule has 39 heavy (non-hydrogen) atoms. The van der Waals surface area contributed by atoms with Gasteiger partial charge in [-0.2, -0.15) is 0 Å². The Balaban J connectivity index is 1.62. The maximum atomic E-state index is 14.7. The molecule has 1 heterocycles. The van der Waals surface area contributed by atoms with Crippen LogP contribution in [0.2, 0.25) is 0 Å². The molecule has 9 heteroatoms. The van der Waals surface area contributed by atoms with E-state index in [1.807, 2.05) is 91.0 Å². The van der Waals surface area contributed by atoms with Crippen molar-refractivity contribution in [3.8, 4) is 0 Å². The summed E-state index contributed by atoms with van der Waals surface area (Å²) < 4.78 is 31.8. The molecule has 3 aromatic carbocycles. The molecule has 3 atom stereocenters. The second-order valence-electron chi connectivity index (χ2n) is 9.47. The first-order chi connectivity index (χ1) is 18.9. The Kier molecular flexibility index (Phi) is 10.1. The number of nitrogens with zero attached hydrogens (tertiary/aromatic N) is 1. The summed E-state index contributed by atoms with van der Waals surface area (Å²) in [5.74, 6) is -1.65. The number of carbonyl (C=O) groups excluding carboxylic acids is 2. The van der Waals surface area contributed by atoms with Crippen LogP contribution in [-0.2, 0) is 41.2 Å². The van der Waals surface area contributed by atoms with Gasteiger partial charge in [-0.1, -0.05) is 91.0 Å². The van der Waals surface area contributed by atoms with Gasteiger partial charge in [-0.3, -0.25) is 14.7 Å². The van der Waals surface area contributed by atoms with E-state index < -0.39 is 31.4 Å². The number of rotatable bonds is 12. The van der Waals surface area contributed by atoms with Gasteiger partial charge in [-0.05, 0) is 36.5 Å². The number of benzene rings is 3. The molecule has 3 aromatic rings. The number of ether oxygens (including phenoxy) is 1. The minimum atomic E-state index is -3.92. The summed E-state index contributed by atoms with van der Waals surface area (Å²) in [5.41, 5.74) is 2.34. The van der Waals surface area contributed by atoms with Crippen LogP contribution in [0.5, 0.6) is 0 Å². The largest absolute Gasteiger partial charge is 0.467 e. The van der Waals surface area contributed by atoms with E-state index in [4.69, 9.17) is 13.8 Å². The summed E-state index contributed by atoms with van der Waals surface area (Å²) in [5, 5.41) is 3.24. The lowest BCUT2D eigenvalue weighted by Gasteiger charge is -2.32. The van der Waals surface area contributed by atoms with E-state index in [-0.39, 0.29) is 19.1 Å². The van der Waals surface area contributed by atoms with Gasteiger partial charge in [-0.25, -0.2) is 4.79 Å². The Morgan fingerprint density at radius 3 is 1.92 bits per heavy atom. The highest BCUT2D eigenvalue weighted by Crippen LogP contribution is 2.61. The van der Waals surface area contributed by atoms with Crippen molar-refractivity contribution in [2.75, 3.05) is 13.7 Å². The van der Waals surface area contributed by atoms with Gasteiger partial charge >= 0.3 is 13.6 Å². The van der Waals surface area contributed by atoms with E-state index in [0.717, 1.165) is 11.1 Å². The molecule has 0 radical (unpaired) electrons. The summed E-state index contributed by atoms with van der Waals surface area (Å²) in [6.45, 7) is 2.28. The molecule has 1 aliphatic rings. The van der Waals surface area contributed by atoms with Crippen molar-refractivity contribution in [3.05, 3.63) is 108 Å². The molecule has 0 aromatic heterocycles. The highest BCUT2D eigenvalue weighted by molar-refractivity contribution is 7.54. The fourth-order valence-electron chi connectivity index (χ4n) is 4.64. The maximum absolute atomic E-state index is 14.7. The van der Waals surface area contributed by atoms with Crippen molar-refractivity contribution in [3.63, 3.8) is 0 Å². The van der Waals surface area contributed by atoms with Crippen molar-refractivity contribution in [2.24, 2.45) is 0 Å². The fourth-order valence-corrected chi connectivity index (χ4v) is 6.61. The van der Waals surface area contributed by atoms with E-state index in [1.165, 1.54) is 12.0 Å². The van der Waals surface area contributed by atoms with Gasteiger partial charge in [0.05, 0.1) is 26.4 Å². The first-order valence-electron chi connectivity index (χ1n) is 13.1. The Morgan fingerprint density at radius 2 is 1.41 bits per heavy atom. The zero-order valence-electron chi connectivity index (χ0n) is 22.3. The lowest BCUT2D eigenvalue weighted by atomic mass is 10.2. The number of carbonyl (C=O) groups is 2. The smallest absolute Gasteiger partial charge is 0.352 e. The Morgan fingerprint density at radius 1 is 0.897 bits per heavy atom. The average molecular weight is 551 g/mol. The van der Waals surface area contributed by atoms with Crippen LogP contribution in [0.4, 0.5) is 0 Å². The molecule has 1 fully saturated rings. The second-order valence-corrected chi connectivity index (χ2v) is 11.6. The highest BCUT2D eigenvalue weighted by atomic mass is 31.2. The fraction of sp³-hybridized carbons (Fsp3) is 0.333. The number of nitrogens with one attached hydrogen (secondary N) is 1. The van der Waals surface area contributed by atoms with E-state index in [2.05, 4.69) is 5.32 Å². The van der Waals surface area contributed by atoms with E-state index in [9.17, 15) is 14.2 Å². The van der Waals surface area contributed by atoms with Crippen molar-refractivity contribution in [1.82, 2.24) is 10.2 Å². The summed E-state index contributed by atoms with van der Waals surface area (Å²) >= 11 is 0. The molecular formula is C30H35N2O6P. The predicted molar refractivity (Wildman–Crippen MR) is 149 cm³/mol. The van der Waals surface area contributed by atoms with Crippen LogP contribution in [-0.4, -0.2) is 42.5 Å². The van der Waals surface area contributed by atoms with Gasteiger partial charge in [0.25, 0.3) is 0 Å². The normalized spacial score (nSPS) is 17.0. The number of esters is 1. The topological polar surface area (TPSA) is 94.2 Å². The molecule has 0 spiro atoms. The van der Waals surface area contributed by atoms with Crippen LogP contribution in [0.1, 0.15) is 42.2 Å². The van der Waals surface area contributed by atoms with Crippen LogP contribution in [0.15, 0.2) is 91.0 Å². The Labute approximate surface area is 229 Å². The van der Waals surface area contributed by atoms with E-state index >= 15 is 0 Å². The summed E-state index contributed by atoms with van der Waals surface area (Å²) in [6, 6.07) is 26.7. The Hall–Kier alpha value is -3.29. The molecular weight excluding hydrogens is 515 g/mol. The van der Waals surface area contributed by atoms with Crippen LogP contribution in [0.3, 0.4) is 0 Å². The molecule has 1 amide bonds. The minimum Gasteiger partial charge on any atom is -0.467 e. The zero-order valence-corrected chi connectivity index (χ0v) is 23.2. The molecule has 0 aliphatic carbocycles. The number of likely N-dealkylation sites (tertiary alicyclic amines) is 1. The van der Waals surface area contributed by atoms with Crippen molar-refractivity contribution < 1.29 is 27.9 Å². The third-order valence-electron chi connectivity index (χ3n) is 6.73. The quantitative estimate of drug-likeness (QED) is 0.237. The molecule has 1 aliphatic heterocycles. The summed E-state index contributed by atoms with van der Waals surface area (Å²) in [7, 11) is -2.60. The Bertz CT molecular complexity index is 1210. The van der Waals surface area contributed by atoms with Crippen LogP contribution in [0, 0.1) is 0 Å². The third-order valence-corrected chi connectivity index (χ3v) is 8.78. The molecule has 8 nitrogen and oxygen atoms in total. The molecule has 1 N–H and O–H groups in total. The number of hydrogen-bond acceptors (Lipinski definition) is 7. The molecule has 206 valence electrons. The van der Waals surface area contributed by atoms with Crippen LogP contribution in [0.25, 0.3) is 0 Å². The number of hydrogen-bond donors (Lipinski definition) is 1. The van der Waals surface area contributed by atoms with Crippen molar-refractivity contribution in [2.45, 2.75) is 50.8 Å². The monoisotopic (exact) mass is 550 g/mol. The van der Waals surface area contributed by atoms with Gasteiger partial charge in [0.1, 0.15) is 11.8 Å². The maximum Gasteiger partial charge on any atom is 0.352 e. The number of methoxy groups -OCH3 is 1. The molecule has 0 saturated carbocycles. The predicted octanol–water partition coefficient (Wildman–Crippen LogP) is 5.45.